The van der Waals surface area contributed by atoms with E-state index in [0.717, 1.165) is 12.0 Å². The van der Waals surface area contributed by atoms with Crippen molar-refractivity contribution in [1.82, 2.24) is 5.32 Å². The van der Waals surface area contributed by atoms with E-state index in [9.17, 15) is 4.79 Å². The molecule has 3 nitrogen and oxygen atoms in total. The van der Waals surface area contributed by atoms with Gasteiger partial charge in [0.2, 0.25) is 0 Å². The first-order chi connectivity index (χ1) is 10.4. The van der Waals surface area contributed by atoms with Crippen molar-refractivity contribution in [2.24, 2.45) is 5.41 Å². The van der Waals surface area contributed by atoms with E-state index in [0.29, 0.717) is 17.8 Å². The molecule has 2 aromatic rings. The highest BCUT2D eigenvalue weighted by Crippen LogP contribution is 2.21. The summed E-state index contributed by atoms with van der Waals surface area (Å²) in [5.74, 6) is -0.0639. The predicted octanol–water partition coefficient (Wildman–Crippen LogP) is 4.00. The second-order valence-corrected chi connectivity index (χ2v) is 6.58. The Morgan fingerprint density at radius 2 is 1.78 bits per heavy atom. The van der Waals surface area contributed by atoms with E-state index < -0.39 is 0 Å². The van der Waals surface area contributed by atoms with E-state index in [2.05, 4.69) is 31.3 Å². The molecule has 0 radical (unpaired) electrons. The molecule has 1 amide bonds. The number of aryl methyl sites for hydroxylation is 1. The molecule has 4 heteroatoms. The lowest BCUT2D eigenvalue weighted by Crippen LogP contribution is -2.35. The SMILES string of the molecule is Cc1ccc(N)cc1C(=O)NCC(C)(C)Cc1ccccc1.Cl. The van der Waals surface area contributed by atoms with E-state index in [1.807, 2.05) is 37.3 Å². The maximum absolute atomic E-state index is 12.4. The molecule has 0 saturated carbocycles. The maximum Gasteiger partial charge on any atom is 0.251 e. The smallest absolute Gasteiger partial charge is 0.251 e. The first-order valence-electron chi connectivity index (χ1n) is 7.56. The first-order valence-corrected chi connectivity index (χ1v) is 7.56. The summed E-state index contributed by atoms with van der Waals surface area (Å²) < 4.78 is 0. The van der Waals surface area contributed by atoms with Crippen LogP contribution in [0.4, 0.5) is 5.69 Å². The molecule has 0 atom stereocenters. The van der Waals surface area contributed by atoms with Crippen LogP contribution >= 0.6 is 12.4 Å². The number of hydrogen-bond donors (Lipinski definition) is 2. The van der Waals surface area contributed by atoms with Crippen molar-refractivity contribution in [3.05, 3.63) is 65.2 Å². The number of nitrogen functional groups attached to an aromatic ring is 1. The lowest BCUT2D eigenvalue weighted by Gasteiger charge is -2.25. The fourth-order valence-electron chi connectivity index (χ4n) is 2.51. The van der Waals surface area contributed by atoms with Gasteiger partial charge >= 0.3 is 0 Å². The minimum Gasteiger partial charge on any atom is -0.399 e. The van der Waals surface area contributed by atoms with E-state index >= 15 is 0 Å². The van der Waals surface area contributed by atoms with Gasteiger partial charge in [0.1, 0.15) is 0 Å². The zero-order valence-corrected chi connectivity index (χ0v) is 14.7. The Kier molecular flexibility index (Phi) is 6.64. The van der Waals surface area contributed by atoms with Gasteiger partial charge < -0.3 is 11.1 Å². The van der Waals surface area contributed by atoms with Gasteiger partial charge in [0.15, 0.2) is 0 Å². The van der Waals surface area contributed by atoms with Crippen molar-refractivity contribution in [1.29, 1.82) is 0 Å². The summed E-state index contributed by atoms with van der Waals surface area (Å²) in [6.07, 6.45) is 0.921. The van der Waals surface area contributed by atoms with Crippen LogP contribution in [0.5, 0.6) is 0 Å². The summed E-state index contributed by atoms with van der Waals surface area (Å²) in [4.78, 5) is 12.4. The number of halogens is 1. The van der Waals surface area contributed by atoms with Crippen LogP contribution in [0.25, 0.3) is 0 Å². The number of rotatable bonds is 5. The summed E-state index contributed by atoms with van der Waals surface area (Å²) in [6, 6.07) is 15.7. The quantitative estimate of drug-likeness (QED) is 0.813. The number of anilines is 1. The summed E-state index contributed by atoms with van der Waals surface area (Å²) in [7, 11) is 0. The summed E-state index contributed by atoms with van der Waals surface area (Å²) >= 11 is 0. The highest BCUT2D eigenvalue weighted by atomic mass is 35.5. The van der Waals surface area contributed by atoms with E-state index in [4.69, 9.17) is 5.73 Å². The van der Waals surface area contributed by atoms with E-state index in [1.54, 1.807) is 6.07 Å². The molecule has 2 aromatic carbocycles. The lowest BCUT2D eigenvalue weighted by molar-refractivity contribution is 0.0936. The van der Waals surface area contributed by atoms with Gasteiger partial charge in [0.25, 0.3) is 5.91 Å². The van der Waals surface area contributed by atoms with Crippen molar-refractivity contribution in [3.63, 3.8) is 0 Å². The van der Waals surface area contributed by atoms with Gasteiger partial charge in [-0.3, -0.25) is 4.79 Å². The number of carbonyl (C=O) groups is 1. The molecule has 3 N–H and O–H groups in total. The average Bonchev–Trinajstić information content (AvgIpc) is 2.48. The Bertz CT molecular complexity index is 654. The highest BCUT2D eigenvalue weighted by Gasteiger charge is 2.20. The third kappa shape index (κ3) is 5.61. The monoisotopic (exact) mass is 332 g/mol. The lowest BCUT2D eigenvalue weighted by atomic mass is 9.85. The van der Waals surface area contributed by atoms with Gasteiger partial charge in [-0.05, 0) is 42.0 Å². The van der Waals surface area contributed by atoms with Crippen LogP contribution in [0, 0.1) is 12.3 Å². The van der Waals surface area contributed by atoms with E-state index in [1.165, 1.54) is 5.56 Å². The summed E-state index contributed by atoms with van der Waals surface area (Å²) in [5, 5.41) is 3.03. The Morgan fingerprint density at radius 1 is 1.13 bits per heavy atom. The zero-order chi connectivity index (χ0) is 16.2. The fraction of sp³-hybridized carbons (Fsp3) is 0.316. The molecule has 0 aromatic heterocycles. The van der Waals surface area contributed by atoms with E-state index in [-0.39, 0.29) is 23.7 Å². The van der Waals surface area contributed by atoms with Crippen LogP contribution in [0.1, 0.15) is 35.3 Å². The average molecular weight is 333 g/mol. The Labute approximate surface area is 144 Å². The maximum atomic E-state index is 12.4. The van der Waals surface area contributed by atoms with Crippen LogP contribution < -0.4 is 11.1 Å². The molecule has 0 fully saturated rings. The predicted molar refractivity (Wildman–Crippen MR) is 99.1 cm³/mol. The fourth-order valence-corrected chi connectivity index (χ4v) is 2.51. The molecule has 0 bridgehead atoms. The highest BCUT2D eigenvalue weighted by molar-refractivity contribution is 5.96. The second-order valence-electron chi connectivity index (χ2n) is 6.58. The number of nitrogens with one attached hydrogen (secondary N) is 1. The van der Waals surface area contributed by atoms with Gasteiger partial charge in [0, 0.05) is 17.8 Å². The van der Waals surface area contributed by atoms with Crippen LogP contribution in [0.15, 0.2) is 48.5 Å². The number of amides is 1. The number of nitrogens with two attached hydrogens (primary N) is 1. The van der Waals surface area contributed by atoms with Crippen molar-refractivity contribution < 1.29 is 4.79 Å². The van der Waals surface area contributed by atoms with Crippen molar-refractivity contribution in [2.75, 3.05) is 12.3 Å². The normalized spacial score (nSPS) is 10.7. The summed E-state index contributed by atoms with van der Waals surface area (Å²) in [6.45, 7) is 6.86. The van der Waals surface area contributed by atoms with Gasteiger partial charge in [-0.1, -0.05) is 50.2 Å². The topological polar surface area (TPSA) is 55.1 Å². The van der Waals surface area contributed by atoms with Gasteiger partial charge in [-0.25, -0.2) is 0 Å². The minimum atomic E-state index is -0.0639. The molecule has 0 aliphatic heterocycles. The Morgan fingerprint density at radius 3 is 2.43 bits per heavy atom. The Hall–Kier alpha value is -2.00. The molecule has 0 aliphatic carbocycles. The first kappa shape index (κ1) is 19.0. The Balaban J connectivity index is 0.00000264. The molecule has 2 rings (SSSR count). The third-order valence-corrected chi connectivity index (χ3v) is 3.76. The largest absolute Gasteiger partial charge is 0.399 e. The molecule has 0 spiro atoms. The number of hydrogen-bond acceptors (Lipinski definition) is 2. The molecule has 23 heavy (non-hydrogen) atoms. The standard InChI is InChI=1S/C19H24N2O.ClH/c1-14-9-10-16(20)11-17(14)18(22)21-13-19(2,3)12-15-7-5-4-6-8-15;/h4-11H,12-13,20H2,1-3H3,(H,21,22);1H. The second kappa shape index (κ2) is 8.02. The van der Waals surface area contributed by atoms with Crippen molar-refractivity contribution in [3.8, 4) is 0 Å². The molecular weight excluding hydrogens is 308 g/mol. The van der Waals surface area contributed by atoms with Crippen LogP contribution in [-0.2, 0) is 6.42 Å². The molecule has 0 heterocycles. The minimum absolute atomic E-state index is 0. The van der Waals surface area contributed by atoms with Crippen LogP contribution in [-0.4, -0.2) is 12.5 Å². The third-order valence-electron chi connectivity index (χ3n) is 3.76. The van der Waals surface area contributed by atoms with Gasteiger partial charge in [0.05, 0.1) is 0 Å². The molecule has 124 valence electrons. The van der Waals surface area contributed by atoms with Gasteiger partial charge in [-0.2, -0.15) is 0 Å². The zero-order valence-electron chi connectivity index (χ0n) is 13.9. The number of carbonyl (C=O) groups excluding carboxylic acids is 1. The molecule has 0 unspecified atom stereocenters. The number of benzene rings is 2. The molecule has 0 saturated heterocycles. The van der Waals surface area contributed by atoms with Crippen molar-refractivity contribution in [2.45, 2.75) is 27.2 Å². The molecule has 0 aliphatic rings. The van der Waals surface area contributed by atoms with Crippen LogP contribution in [0.3, 0.4) is 0 Å². The van der Waals surface area contributed by atoms with Crippen LogP contribution in [0.2, 0.25) is 0 Å². The molecular formula is C19H25ClN2O. The summed E-state index contributed by atoms with van der Waals surface area (Å²) in [5.41, 5.74) is 9.24. The van der Waals surface area contributed by atoms with Gasteiger partial charge in [-0.15, -0.1) is 12.4 Å². The van der Waals surface area contributed by atoms with Crippen molar-refractivity contribution >= 4 is 24.0 Å².